The van der Waals surface area contributed by atoms with Gasteiger partial charge >= 0.3 is 0 Å². The number of piperazine rings is 1. The second kappa shape index (κ2) is 8.81. The van der Waals surface area contributed by atoms with Crippen LogP contribution in [0.5, 0.6) is 0 Å². The maximum Gasteiger partial charge on any atom is 0.245 e. The molecule has 1 aliphatic rings. The van der Waals surface area contributed by atoms with Crippen molar-refractivity contribution >= 4 is 5.91 Å². The van der Waals surface area contributed by atoms with E-state index in [2.05, 4.69) is 31.1 Å². The minimum absolute atomic E-state index is 0.139. The SMILES string of the molecule is Cc1nnnn1C(Cc1ccc(F)cc1)C(=O)NCCN1CCNCC1. The second-order valence-corrected chi connectivity index (χ2v) is 6.40. The van der Waals surface area contributed by atoms with Crippen molar-refractivity contribution in [1.29, 1.82) is 0 Å². The van der Waals surface area contributed by atoms with Crippen molar-refractivity contribution in [2.24, 2.45) is 0 Å². The fraction of sp³-hybridized carbons (Fsp3) is 0.529. The van der Waals surface area contributed by atoms with Gasteiger partial charge in [0.2, 0.25) is 5.91 Å². The molecule has 1 atom stereocenters. The lowest BCUT2D eigenvalue weighted by Crippen LogP contribution is -2.47. The fourth-order valence-electron chi connectivity index (χ4n) is 3.05. The summed E-state index contributed by atoms with van der Waals surface area (Å²) in [6, 6.07) is 5.56. The van der Waals surface area contributed by atoms with Gasteiger partial charge in [0.25, 0.3) is 0 Å². The zero-order chi connectivity index (χ0) is 18.4. The Morgan fingerprint density at radius 1 is 1.31 bits per heavy atom. The standard InChI is InChI=1S/C17H24FN7O/c1-13-21-22-23-25(13)16(12-14-2-4-15(18)5-3-14)17(26)20-8-11-24-9-6-19-7-10-24/h2-5,16,19H,6-12H2,1H3,(H,20,26). The predicted molar refractivity (Wildman–Crippen MR) is 94.0 cm³/mol. The minimum atomic E-state index is -0.571. The highest BCUT2D eigenvalue weighted by atomic mass is 19.1. The van der Waals surface area contributed by atoms with Crippen molar-refractivity contribution in [1.82, 2.24) is 35.7 Å². The number of hydrogen-bond acceptors (Lipinski definition) is 6. The molecule has 0 saturated carbocycles. The Labute approximate surface area is 151 Å². The molecule has 1 aromatic carbocycles. The summed E-state index contributed by atoms with van der Waals surface area (Å²) in [5, 5.41) is 17.8. The third-order valence-electron chi connectivity index (χ3n) is 4.53. The number of nitrogens with one attached hydrogen (secondary N) is 2. The number of aromatic nitrogens is 4. The smallest absolute Gasteiger partial charge is 0.245 e. The van der Waals surface area contributed by atoms with E-state index in [-0.39, 0.29) is 11.7 Å². The number of hydrogen-bond donors (Lipinski definition) is 2. The van der Waals surface area contributed by atoms with E-state index >= 15 is 0 Å². The van der Waals surface area contributed by atoms with Crippen molar-refractivity contribution in [3.8, 4) is 0 Å². The first-order valence-corrected chi connectivity index (χ1v) is 8.83. The Morgan fingerprint density at radius 2 is 2.04 bits per heavy atom. The quantitative estimate of drug-likeness (QED) is 0.718. The van der Waals surface area contributed by atoms with Crippen LogP contribution in [-0.2, 0) is 11.2 Å². The molecule has 1 aromatic heterocycles. The number of carbonyl (C=O) groups is 1. The van der Waals surface area contributed by atoms with E-state index in [4.69, 9.17) is 0 Å². The number of nitrogens with zero attached hydrogens (tertiary/aromatic N) is 5. The average molecular weight is 361 g/mol. The molecule has 2 aromatic rings. The van der Waals surface area contributed by atoms with Crippen LogP contribution < -0.4 is 10.6 Å². The molecule has 1 fully saturated rings. The lowest BCUT2D eigenvalue weighted by molar-refractivity contribution is -0.124. The molecule has 1 aliphatic heterocycles. The van der Waals surface area contributed by atoms with Crippen molar-refractivity contribution < 1.29 is 9.18 Å². The molecule has 26 heavy (non-hydrogen) atoms. The van der Waals surface area contributed by atoms with E-state index in [0.717, 1.165) is 38.3 Å². The number of aryl methyl sites for hydroxylation is 1. The first kappa shape index (κ1) is 18.4. The molecule has 1 saturated heterocycles. The van der Waals surface area contributed by atoms with Crippen molar-refractivity contribution in [3.05, 3.63) is 41.5 Å². The van der Waals surface area contributed by atoms with Gasteiger partial charge in [0.1, 0.15) is 17.7 Å². The van der Waals surface area contributed by atoms with E-state index in [0.29, 0.717) is 18.8 Å². The largest absolute Gasteiger partial charge is 0.353 e. The molecule has 8 nitrogen and oxygen atoms in total. The maximum absolute atomic E-state index is 13.1. The Hall–Kier alpha value is -2.39. The molecule has 140 valence electrons. The van der Waals surface area contributed by atoms with E-state index in [9.17, 15) is 9.18 Å². The molecule has 3 rings (SSSR count). The molecule has 0 spiro atoms. The number of rotatable bonds is 7. The summed E-state index contributed by atoms with van der Waals surface area (Å²) in [4.78, 5) is 15.1. The third kappa shape index (κ3) is 4.83. The first-order chi connectivity index (χ1) is 12.6. The number of halogens is 1. The highest BCUT2D eigenvalue weighted by Gasteiger charge is 2.24. The summed E-state index contributed by atoms with van der Waals surface area (Å²) >= 11 is 0. The molecule has 2 N–H and O–H groups in total. The summed E-state index contributed by atoms with van der Waals surface area (Å²) in [6.07, 6.45) is 0.394. The van der Waals surface area contributed by atoms with Crippen LogP contribution in [0.4, 0.5) is 4.39 Å². The van der Waals surface area contributed by atoms with Gasteiger partial charge in [0.15, 0.2) is 0 Å². The Bertz CT molecular complexity index is 712. The number of benzene rings is 1. The van der Waals surface area contributed by atoms with Crippen LogP contribution in [0.15, 0.2) is 24.3 Å². The number of amides is 1. The van der Waals surface area contributed by atoms with Gasteiger partial charge in [-0.25, -0.2) is 9.07 Å². The molecule has 1 amide bonds. The van der Waals surface area contributed by atoms with E-state index in [1.54, 1.807) is 19.1 Å². The van der Waals surface area contributed by atoms with Gasteiger partial charge in [0.05, 0.1) is 0 Å². The molecule has 0 aliphatic carbocycles. The molecule has 9 heteroatoms. The van der Waals surface area contributed by atoms with Gasteiger partial charge < -0.3 is 10.6 Å². The Kier molecular flexibility index (Phi) is 6.24. The Morgan fingerprint density at radius 3 is 2.69 bits per heavy atom. The van der Waals surface area contributed by atoms with Crippen LogP contribution in [0.1, 0.15) is 17.4 Å². The molecular formula is C17H24FN7O. The molecule has 0 bridgehead atoms. The van der Waals surface area contributed by atoms with Crippen LogP contribution in [0.25, 0.3) is 0 Å². The summed E-state index contributed by atoms with van der Waals surface area (Å²) in [5.41, 5.74) is 0.851. The molecular weight excluding hydrogens is 337 g/mol. The summed E-state index contributed by atoms with van der Waals surface area (Å²) in [6.45, 7) is 7.06. The lowest BCUT2D eigenvalue weighted by Gasteiger charge is -2.27. The lowest BCUT2D eigenvalue weighted by atomic mass is 10.1. The fourth-order valence-corrected chi connectivity index (χ4v) is 3.05. The van der Waals surface area contributed by atoms with Crippen LogP contribution >= 0.6 is 0 Å². The van der Waals surface area contributed by atoms with Crippen LogP contribution in [0.3, 0.4) is 0 Å². The van der Waals surface area contributed by atoms with Gasteiger partial charge in [0, 0.05) is 45.7 Å². The molecule has 2 heterocycles. The highest BCUT2D eigenvalue weighted by molar-refractivity contribution is 5.80. The molecule has 0 radical (unpaired) electrons. The summed E-state index contributed by atoms with van der Waals surface area (Å²) < 4.78 is 14.7. The van der Waals surface area contributed by atoms with Gasteiger partial charge in [-0.2, -0.15) is 0 Å². The zero-order valence-electron chi connectivity index (χ0n) is 14.9. The number of tetrazole rings is 1. The average Bonchev–Trinajstić information content (AvgIpc) is 3.07. The van der Waals surface area contributed by atoms with E-state index in [1.807, 2.05) is 0 Å². The minimum Gasteiger partial charge on any atom is -0.353 e. The van der Waals surface area contributed by atoms with E-state index in [1.165, 1.54) is 16.8 Å². The second-order valence-electron chi connectivity index (χ2n) is 6.40. The van der Waals surface area contributed by atoms with Gasteiger partial charge in [-0.05, 0) is 35.0 Å². The molecule has 1 unspecified atom stereocenters. The maximum atomic E-state index is 13.1. The topological polar surface area (TPSA) is 88.0 Å². The monoisotopic (exact) mass is 361 g/mol. The van der Waals surface area contributed by atoms with Gasteiger partial charge in [-0.3, -0.25) is 9.69 Å². The predicted octanol–water partition coefficient (Wildman–Crippen LogP) is -0.0742. The first-order valence-electron chi connectivity index (χ1n) is 8.83. The van der Waals surface area contributed by atoms with E-state index < -0.39 is 6.04 Å². The summed E-state index contributed by atoms with van der Waals surface area (Å²) in [5.74, 6) is 0.124. The summed E-state index contributed by atoms with van der Waals surface area (Å²) in [7, 11) is 0. The zero-order valence-corrected chi connectivity index (χ0v) is 14.9. The third-order valence-corrected chi connectivity index (χ3v) is 4.53. The van der Waals surface area contributed by atoms with Gasteiger partial charge in [-0.1, -0.05) is 12.1 Å². The Balaban J connectivity index is 1.63. The van der Waals surface area contributed by atoms with Crippen LogP contribution in [0.2, 0.25) is 0 Å². The van der Waals surface area contributed by atoms with Gasteiger partial charge in [-0.15, -0.1) is 5.10 Å². The normalized spacial score (nSPS) is 16.4. The van der Waals surface area contributed by atoms with Crippen molar-refractivity contribution in [2.45, 2.75) is 19.4 Å². The van der Waals surface area contributed by atoms with Crippen LogP contribution in [0, 0.1) is 12.7 Å². The van der Waals surface area contributed by atoms with Crippen molar-refractivity contribution in [2.75, 3.05) is 39.3 Å². The highest BCUT2D eigenvalue weighted by Crippen LogP contribution is 2.15. The van der Waals surface area contributed by atoms with Crippen LogP contribution in [-0.4, -0.2) is 70.3 Å². The number of carbonyl (C=O) groups excluding carboxylic acids is 1. The van der Waals surface area contributed by atoms with Crippen molar-refractivity contribution in [3.63, 3.8) is 0 Å².